The Kier molecular flexibility index (Phi) is 7.81. The van der Waals surface area contributed by atoms with Crippen molar-refractivity contribution in [3.8, 4) is 0 Å². The monoisotopic (exact) mass is 498 g/mol. The first-order valence-corrected chi connectivity index (χ1v) is 11.6. The molecule has 0 aliphatic carbocycles. The van der Waals surface area contributed by atoms with Crippen molar-refractivity contribution in [2.45, 2.75) is 50.7 Å². The molecule has 1 saturated heterocycles. The third-order valence-corrected chi connectivity index (χ3v) is 6.48. The van der Waals surface area contributed by atoms with Gasteiger partial charge < -0.3 is 14.0 Å². The molecule has 0 spiro atoms. The molecule has 3 atom stereocenters. The number of imidazole rings is 1. The van der Waals surface area contributed by atoms with E-state index in [1.807, 2.05) is 35.0 Å². The molecule has 1 aromatic heterocycles. The summed E-state index contributed by atoms with van der Waals surface area (Å²) in [6.07, 6.45) is 8.23. The lowest BCUT2D eigenvalue weighted by Crippen LogP contribution is -2.33. The van der Waals surface area contributed by atoms with Crippen LogP contribution >= 0.6 is 46.4 Å². The Morgan fingerprint density at radius 2 is 1.81 bits per heavy atom. The molecule has 4 nitrogen and oxygen atoms in total. The molecule has 0 N–H and O–H groups in total. The summed E-state index contributed by atoms with van der Waals surface area (Å²) >= 11 is 25.1. The highest BCUT2D eigenvalue weighted by Gasteiger charge is 2.28. The maximum atomic E-state index is 6.53. The molecule has 3 unspecified atom stereocenters. The van der Waals surface area contributed by atoms with E-state index in [1.54, 1.807) is 24.7 Å². The topological polar surface area (TPSA) is 36.3 Å². The highest BCUT2D eigenvalue weighted by Crippen LogP contribution is 2.35. The van der Waals surface area contributed by atoms with Crippen molar-refractivity contribution in [1.29, 1.82) is 0 Å². The van der Waals surface area contributed by atoms with E-state index >= 15 is 0 Å². The van der Waals surface area contributed by atoms with Gasteiger partial charge in [0.1, 0.15) is 0 Å². The van der Waals surface area contributed by atoms with Crippen LogP contribution in [0.1, 0.15) is 36.5 Å². The maximum absolute atomic E-state index is 6.53. The molecule has 0 bridgehead atoms. The first-order chi connectivity index (χ1) is 15.0. The fourth-order valence-corrected chi connectivity index (χ4v) is 4.81. The zero-order valence-corrected chi connectivity index (χ0v) is 19.7. The van der Waals surface area contributed by atoms with Gasteiger partial charge in [-0.2, -0.15) is 0 Å². The summed E-state index contributed by atoms with van der Waals surface area (Å²) in [6, 6.07) is 10.9. The average Bonchev–Trinajstić information content (AvgIpc) is 3.23. The van der Waals surface area contributed by atoms with Gasteiger partial charge in [0, 0.05) is 45.4 Å². The molecule has 0 amide bonds. The number of hydrogen-bond acceptors (Lipinski definition) is 3. The van der Waals surface area contributed by atoms with Gasteiger partial charge in [0.15, 0.2) is 6.29 Å². The fraction of sp³-hybridized carbons (Fsp3) is 0.348. The van der Waals surface area contributed by atoms with Crippen molar-refractivity contribution in [2.75, 3.05) is 0 Å². The van der Waals surface area contributed by atoms with Gasteiger partial charge in [-0.1, -0.05) is 58.5 Å². The molecule has 31 heavy (non-hydrogen) atoms. The molecule has 1 aliphatic heterocycles. The fourth-order valence-electron chi connectivity index (χ4n) is 3.79. The smallest absolute Gasteiger partial charge is 0.158 e. The first-order valence-electron chi connectivity index (χ1n) is 10.1. The van der Waals surface area contributed by atoms with Crippen LogP contribution in [-0.4, -0.2) is 21.9 Å². The van der Waals surface area contributed by atoms with Gasteiger partial charge >= 0.3 is 0 Å². The Morgan fingerprint density at radius 3 is 2.52 bits per heavy atom. The lowest BCUT2D eigenvalue weighted by Gasteiger charge is -2.33. The normalized spacial score (nSPS) is 20.0. The van der Waals surface area contributed by atoms with Crippen molar-refractivity contribution >= 4 is 46.4 Å². The SMILES string of the molecule is Clc1ccc(CC(OC2CCCC(Cn3ccnc3)O2)c2ccc(Cl)cc2Cl)c(Cl)c1. The number of nitrogens with zero attached hydrogens (tertiary/aromatic N) is 2. The zero-order chi connectivity index (χ0) is 21.8. The Bertz CT molecular complexity index is 1010. The van der Waals surface area contributed by atoms with Gasteiger partial charge in [-0.25, -0.2) is 4.98 Å². The van der Waals surface area contributed by atoms with Gasteiger partial charge in [0.05, 0.1) is 18.5 Å². The molecule has 4 rings (SSSR count). The minimum atomic E-state index is -0.347. The van der Waals surface area contributed by atoms with Crippen LogP contribution in [0.15, 0.2) is 55.1 Å². The summed E-state index contributed by atoms with van der Waals surface area (Å²) in [5, 5.41) is 2.31. The minimum Gasteiger partial charge on any atom is -0.348 e. The zero-order valence-electron chi connectivity index (χ0n) is 16.7. The van der Waals surface area contributed by atoms with Crippen LogP contribution in [0.25, 0.3) is 0 Å². The van der Waals surface area contributed by atoms with Crippen LogP contribution in [0.4, 0.5) is 0 Å². The van der Waals surface area contributed by atoms with E-state index in [9.17, 15) is 0 Å². The van der Waals surface area contributed by atoms with Crippen LogP contribution in [-0.2, 0) is 22.4 Å². The highest BCUT2D eigenvalue weighted by molar-refractivity contribution is 6.35. The van der Waals surface area contributed by atoms with Crippen molar-refractivity contribution in [2.24, 2.45) is 0 Å². The van der Waals surface area contributed by atoms with Crippen LogP contribution < -0.4 is 0 Å². The quantitative estimate of drug-likeness (QED) is 0.340. The van der Waals surface area contributed by atoms with Crippen molar-refractivity contribution in [1.82, 2.24) is 9.55 Å². The Morgan fingerprint density at radius 1 is 1.03 bits per heavy atom. The second-order valence-electron chi connectivity index (χ2n) is 7.61. The minimum absolute atomic E-state index is 0.0633. The van der Waals surface area contributed by atoms with E-state index < -0.39 is 0 Å². The Balaban J connectivity index is 1.53. The average molecular weight is 500 g/mol. The van der Waals surface area contributed by atoms with E-state index in [2.05, 4.69) is 4.98 Å². The molecule has 164 valence electrons. The lowest BCUT2D eigenvalue weighted by molar-refractivity contribution is -0.218. The van der Waals surface area contributed by atoms with Crippen molar-refractivity contribution < 1.29 is 9.47 Å². The number of ether oxygens (including phenoxy) is 2. The van der Waals surface area contributed by atoms with E-state index in [1.165, 1.54) is 0 Å². The van der Waals surface area contributed by atoms with Crippen LogP contribution in [0.2, 0.25) is 20.1 Å². The number of benzene rings is 2. The summed E-state index contributed by atoms with van der Waals surface area (Å²) in [7, 11) is 0. The Hall–Kier alpha value is -1.27. The van der Waals surface area contributed by atoms with Gasteiger partial charge in [0.25, 0.3) is 0 Å². The second-order valence-corrected chi connectivity index (χ2v) is 9.30. The molecule has 0 saturated carbocycles. The number of aromatic nitrogens is 2. The third kappa shape index (κ3) is 6.16. The van der Waals surface area contributed by atoms with Crippen molar-refractivity contribution in [3.05, 3.63) is 86.3 Å². The standard InChI is InChI=1S/C23H22Cl4N2O2/c24-16-5-4-15(20(26)11-16)10-22(19-7-6-17(25)12-21(19)27)31-23-3-1-2-18(30-23)13-29-9-8-28-14-29/h4-9,11-12,14,18,22-23H,1-3,10,13H2. The van der Waals surface area contributed by atoms with E-state index in [-0.39, 0.29) is 18.5 Å². The molecule has 3 aromatic rings. The molecular formula is C23H22Cl4N2O2. The largest absolute Gasteiger partial charge is 0.348 e. The molecule has 2 aromatic carbocycles. The molecule has 2 heterocycles. The Labute approximate surface area is 202 Å². The van der Waals surface area contributed by atoms with E-state index in [0.29, 0.717) is 26.5 Å². The molecule has 8 heteroatoms. The predicted octanol–water partition coefficient (Wildman–Crippen LogP) is 7.39. The van der Waals surface area contributed by atoms with E-state index in [4.69, 9.17) is 55.9 Å². The molecule has 1 aliphatic rings. The van der Waals surface area contributed by atoms with Gasteiger partial charge in [0.2, 0.25) is 0 Å². The predicted molar refractivity (Wildman–Crippen MR) is 125 cm³/mol. The summed E-state index contributed by atoms with van der Waals surface area (Å²) in [5.74, 6) is 0. The third-order valence-electron chi connectivity index (χ3n) is 5.33. The summed E-state index contributed by atoms with van der Waals surface area (Å²) in [4.78, 5) is 4.10. The van der Waals surface area contributed by atoms with E-state index in [0.717, 1.165) is 36.9 Å². The maximum Gasteiger partial charge on any atom is 0.158 e. The highest BCUT2D eigenvalue weighted by atomic mass is 35.5. The summed E-state index contributed by atoms with van der Waals surface area (Å²) in [5.41, 5.74) is 1.77. The first kappa shape index (κ1) is 22.9. The summed E-state index contributed by atoms with van der Waals surface area (Å²) in [6.45, 7) is 0.745. The number of hydrogen-bond donors (Lipinski definition) is 0. The van der Waals surface area contributed by atoms with Gasteiger partial charge in [-0.3, -0.25) is 0 Å². The van der Waals surface area contributed by atoms with Gasteiger partial charge in [-0.05, 0) is 54.7 Å². The number of halogens is 4. The van der Waals surface area contributed by atoms with Crippen LogP contribution in [0.5, 0.6) is 0 Å². The second kappa shape index (κ2) is 10.6. The van der Waals surface area contributed by atoms with Crippen LogP contribution in [0.3, 0.4) is 0 Å². The summed E-state index contributed by atoms with van der Waals surface area (Å²) < 4.78 is 14.8. The molecule has 1 fully saturated rings. The molecule has 0 radical (unpaired) electrons. The van der Waals surface area contributed by atoms with Crippen molar-refractivity contribution in [3.63, 3.8) is 0 Å². The molecular weight excluding hydrogens is 478 g/mol. The van der Waals surface area contributed by atoms with Gasteiger partial charge in [-0.15, -0.1) is 0 Å². The lowest BCUT2D eigenvalue weighted by atomic mass is 10.0. The van der Waals surface area contributed by atoms with Crippen LogP contribution in [0, 0.1) is 0 Å². The number of rotatable bonds is 7.